The molecule has 0 saturated carbocycles. The van der Waals surface area contributed by atoms with Gasteiger partial charge in [-0.05, 0) is 12.3 Å². The van der Waals surface area contributed by atoms with E-state index >= 15 is 0 Å². The Morgan fingerprint density at radius 2 is 2.13 bits per heavy atom. The fourth-order valence-electron chi connectivity index (χ4n) is 1.04. The summed E-state index contributed by atoms with van der Waals surface area (Å²) in [5, 5.41) is 10.6. The molecule has 0 bridgehead atoms. The zero-order valence-corrected chi connectivity index (χ0v) is 9.04. The monoisotopic (exact) mass is 227 g/mol. The maximum Gasteiger partial charge on any atom is 0.338 e. The van der Waals surface area contributed by atoms with Crippen LogP contribution in [0.2, 0.25) is 0 Å². The second-order valence-electron chi connectivity index (χ2n) is 2.67. The number of hydrogen-bond donors (Lipinski definition) is 0. The van der Waals surface area contributed by atoms with Crippen molar-refractivity contribution >= 4 is 23.4 Å². The third-order valence-corrected chi connectivity index (χ3v) is 2.47. The molecule has 0 aliphatic heterocycles. The molecule has 0 saturated heterocycles. The number of ether oxygens (including phenoxy) is 1. The quantitative estimate of drug-likeness (QED) is 0.342. The van der Waals surface area contributed by atoms with Crippen LogP contribution in [-0.2, 0) is 4.74 Å². The van der Waals surface area contributed by atoms with Crippen LogP contribution in [0.4, 0.5) is 5.69 Å². The minimum atomic E-state index is -0.575. The van der Waals surface area contributed by atoms with E-state index in [1.54, 1.807) is 12.3 Å². The molecule has 6 heteroatoms. The standard InChI is InChI=1S/C9H9NO4S/c1-14-9(11)6-3-7(10(12)13)5-8(4-6)15-2/h3-5H,1-2H3. The Bertz CT molecular complexity index is 405. The number of benzene rings is 1. The minimum Gasteiger partial charge on any atom is -0.465 e. The summed E-state index contributed by atoms with van der Waals surface area (Å²) in [5.41, 5.74) is 0.0818. The lowest BCUT2D eigenvalue weighted by atomic mass is 10.2. The molecular weight excluding hydrogens is 218 g/mol. The molecule has 0 fully saturated rings. The highest BCUT2D eigenvalue weighted by Gasteiger charge is 2.14. The second-order valence-corrected chi connectivity index (χ2v) is 3.55. The first-order valence-corrected chi connectivity index (χ1v) is 5.22. The molecule has 0 aliphatic rings. The van der Waals surface area contributed by atoms with E-state index in [0.29, 0.717) is 4.90 Å². The lowest BCUT2D eigenvalue weighted by molar-refractivity contribution is -0.385. The van der Waals surface area contributed by atoms with Crippen molar-refractivity contribution in [2.24, 2.45) is 0 Å². The third-order valence-electron chi connectivity index (χ3n) is 1.76. The SMILES string of the molecule is COC(=O)c1cc(SC)cc([N+](=O)[O-])c1. The molecule has 0 unspecified atom stereocenters. The van der Waals surface area contributed by atoms with Crippen LogP contribution < -0.4 is 0 Å². The number of hydrogen-bond acceptors (Lipinski definition) is 5. The smallest absolute Gasteiger partial charge is 0.338 e. The number of nitro groups is 1. The predicted molar refractivity (Wildman–Crippen MR) is 56.2 cm³/mol. The van der Waals surface area contributed by atoms with E-state index in [2.05, 4.69) is 4.74 Å². The largest absolute Gasteiger partial charge is 0.465 e. The number of nitrogens with zero attached hydrogens (tertiary/aromatic N) is 1. The molecule has 0 aromatic heterocycles. The molecule has 1 rings (SSSR count). The number of nitro benzene ring substituents is 1. The molecule has 5 nitrogen and oxygen atoms in total. The predicted octanol–water partition coefficient (Wildman–Crippen LogP) is 2.10. The number of esters is 1. The molecular formula is C9H9NO4S. The molecule has 0 atom stereocenters. The average Bonchev–Trinajstić information content (AvgIpc) is 2.27. The van der Waals surface area contributed by atoms with Gasteiger partial charge in [-0.15, -0.1) is 11.8 Å². The van der Waals surface area contributed by atoms with Gasteiger partial charge in [-0.25, -0.2) is 4.79 Å². The first-order chi connectivity index (χ1) is 7.08. The third kappa shape index (κ3) is 2.69. The van der Waals surface area contributed by atoms with Crippen LogP contribution in [0.5, 0.6) is 0 Å². The molecule has 0 amide bonds. The summed E-state index contributed by atoms with van der Waals surface area (Å²) < 4.78 is 4.50. The first-order valence-electron chi connectivity index (χ1n) is 4.00. The van der Waals surface area contributed by atoms with Gasteiger partial charge in [0.05, 0.1) is 17.6 Å². The van der Waals surface area contributed by atoms with Crippen LogP contribution in [0.1, 0.15) is 10.4 Å². The van der Waals surface area contributed by atoms with Crippen LogP contribution in [-0.4, -0.2) is 24.3 Å². The van der Waals surface area contributed by atoms with Crippen LogP contribution in [0.3, 0.4) is 0 Å². The molecule has 80 valence electrons. The highest BCUT2D eigenvalue weighted by atomic mass is 32.2. The normalized spacial score (nSPS) is 9.73. The van der Waals surface area contributed by atoms with Crippen molar-refractivity contribution in [1.29, 1.82) is 0 Å². The van der Waals surface area contributed by atoms with Crippen LogP contribution >= 0.6 is 11.8 Å². The molecule has 1 aromatic rings. The summed E-state index contributed by atoms with van der Waals surface area (Å²) in [6, 6.07) is 4.17. The maximum atomic E-state index is 11.2. The van der Waals surface area contributed by atoms with Gasteiger partial charge in [-0.1, -0.05) is 0 Å². The van der Waals surface area contributed by atoms with Gasteiger partial charge < -0.3 is 4.74 Å². The summed E-state index contributed by atoms with van der Waals surface area (Å²) >= 11 is 1.33. The summed E-state index contributed by atoms with van der Waals surface area (Å²) in [6.45, 7) is 0. The van der Waals surface area contributed by atoms with Crippen molar-refractivity contribution in [2.75, 3.05) is 13.4 Å². The fraction of sp³-hybridized carbons (Fsp3) is 0.222. The minimum absolute atomic E-state index is 0.109. The summed E-state index contributed by atoms with van der Waals surface area (Å²) in [4.78, 5) is 21.9. The fourth-order valence-corrected chi connectivity index (χ4v) is 1.53. The van der Waals surface area contributed by atoms with Gasteiger partial charge in [0.1, 0.15) is 0 Å². The molecule has 0 spiro atoms. The van der Waals surface area contributed by atoms with Crippen LogP contribution in [0.15, 0.2) is 23.1 Å². The lowest BCUT2D eigenvalue weighted by Gasteiger charge is -2.02. The maximum absolute atomic E-state index is 11.2. The van der Waals surface area contributed by atoms with E-state index in [0.717, 1.165) is 0 Å². The molecule has 0 heterocycles. The van der Waals surface area contributed by atoms with Crippen LogP contribution in [0.25, 0.3) is 0 Å². The number of rotatable bonds is 3. The number of methoxy groups -OCH3 is 1. The van der Waals surface area contributed by atoms with E-state index < -0.39 is 10.9 Å². The number of carbonyl (C=O) groups excluding carboxylic acids is 1. The summed E-state index contributed by atoms with van der Waals surface area (Å²) in [5.74, 6) is -0.575. The van der Waals surface area contributed by atoms with E-state index in [9.17, 15) is 14.9 Å². The van der Waals surface area contributed by atoms with Gasteiger partial charge in [0, 0.05) is 17.0 Å². The van der Waals surface area contributed by atoms with E-state index in [-0.39, 0.29) is 11.3 Å². The van der Waals surface area contributed by atoms with Gasteiger partial charge >= 0.3 is 5.97 Å². The van der Waals surface area contributed by atoms with E-state index in [4.69, 9.17) is 0 Å². The summed E-state index contributed by atoms with van der Waals surface area (Å²) in [7, 11) is 1.24. The van der Waals surface area contributed by atoms with Crippen molar-refractivity contribution in [1.82, 2.24) is 0 Å². The van der Waals surface area contributed by atoms with Gasteiger partial charge in [0.25, 0.3) is 5.69 Å². The van der Waals surface area contributed by atoms with Crippen molar-refractivity contribution in [3.05, 3.63) is 33.9 Å². The highest BCUT2D eigenvalue weighted by Crippen LogP contribution is 2.23. The Balaban J connectivity index is 3.23. The second kappa shape index (κ2) is 4.79. The molecule has 1 aromatic carbocycles. The van der Waals surface area contributed by atoms with Gasteiger partial charge in [0.2, 0.25) is 0 Å². The van der Waals surface area contributed by atoms with Crippen molar-refractivity contribution in [3.63, 3.8) is 0 Å². The summed E-state index contributed by atoms with van der Waals surface area (Å²) in [6.07, 6.45) is 1.78. The van der Waals surface area contributed by atoms with Crippen molar-refractivity contribution in [2.45, 2.75) is 4.90 Å². The zero-order chi connectivity index (χ0) is 11.4. The van der Waals surface area contributed by atoms with E-state index in [1.165, 1.54) is 31.0 Å². The number of non-ortho nitro benzene ring substituents is 1. The molecule has 0 radical (unpaired) electrons. The Morgan fingerprint density at radius 1 is 1.47 bits per heavy atom. The van der Waals surface area contributed by atoms with Gasteiger partial charge in [-0.3, -0.25) is 10.1 Å². The zero-order valence-electron chi connectivity index (χ0n) is 8.22. The van der Waals surface area contributed by atoms with Crippen molar-refractivity contribution in [3.8, 4) is 0 Å². The van der Waals surface area contributed by atoms with Crippen molar-refractivity contribution < 1.29 is 14.5 Å². The first kappa shape index (κ1) is 11.5. The Labute approximate surface area is 90.6 Å². The number of carbonyl (C=O) groups is 1. The Hall–Kier alpha value is -1.56. The lowest BCUT2D eigenvalue weighted by Crippen LogP contribution is -2.02. The Kier molecular flexibility index (Phi) is 3.68. The average molecular weight is 227 g/mol. The van der Waals surface area contributed by atoms with Gasteiger partial charge in [-0.2, -0.15) is 0 Å². The number of thioether (sulfide) groups is 1. The highest BCUT2D eigenvalue weighted by molar-refractivity contribution is 7.98. The topological polar surface area (TPSA) is 69.4 Å². The molecule has 15 heavy (non-hydrogen) atoms. The van der Waals surface area contributed by atoms with Crippen LogP contribution in [0, 0.1) is 10.1 Å². The Morgan fingerprint density at radius 3 is 2.60 bits per heavy atom. The van der Waals surface area contributed by atoms with Gasteiger partial charge in [0.15, 0.2) is 0 Å². The van der Waals surface area contributed by atoms with E-state index in [1.807, 2.05) is 0 Å². The molecule has 0 aliphatic carbocycles. The molecule has 0 N–H and O–H groups in total.